The number of nitrogens with two attached hydrogens (primary N) is 1. The van der Waals surface area contributed by atoms with E-state index < -0.39 is 0 Å². The standard InChI is InChI=1S/C13H18N2O/c1-10-4-2-3-5-11(10)8-13(16)15-7-6-12(14)9-15/h2-5,12H,6-9,14H2,1H3/t12-/m1/s1. The third-order valence-electron chi connectivity index (χ3n) is 3.18. The van der Waals surface area contributed by atoms with Crippen molar-refractivity contribution < 1.29 is 4.79 Å². The summed E-state index contributed by atoms with van der Waals surface area (Å²) in [4.78, 5) is 13.9. The number of likely N-dealkylation sites (tertiary alicyclic amines) is 1. The van der Waals surface area contributed by atoms with Crippen LogP contribution >= 0.6 is 0 Å². The Hall–Kier alpha value is -1.35. The minimum absolute atomic E-state index is 0.167. The smallest absolute Gasteiger partial charge is 0.227 e. The molecule has 1 aromatic carbocycles. The van der Waals surface area contributed by atoms with Crippen LogP contribution < -0.4 is 5.73 Å². The van der Waals surface area contributed by atoms with Crippen LogP contribution in [0, 0.1) is 6.92 Å². The summed E-state index contributed by atoms with van der Waals surface area (Å²) in [5.41, 5.74) is 8.09. The highest BCUT2D eigenvalue weighted by atomic mass is 16.2. The molecule has 1 heterocycles. The van der Waals surface area contributed by atoms with Gasteiger partial charge in [0.2, 0.25) is 5.91 Å². The number of aryl methyl sites for hydroxylation is 1. The van der Waals surface area contributed by atoms with Crippen LogP contribution in [0.1, 0.15) is 17.5 Å². The van der Waals surface area contributed by atoms with Crippen molar-refractivity contribution in [3.05, 3.63) is 35.4 Å². The molecule has 0 saturated carbocycles. The first-order valence-electron chi connectivity index (χ1n) is 5.74. The Bertz CT molecular complexity index is 389. The normalized spacial score (nSPS) is 20.1. The molecule has 1 fully saturated rings. The van der Waals surface area contributed by atoms with Crippen LogP contribution in [0.5, 0.6) is 0 Å². The van der Waals surface area contributed by atoms with Gasteiger partial charge in [0.1, 0.15) is 0 Å². The van der Waals surface area contributed by atoms with Crippen LogP contribution in [0.4, 0.5) is 0 Å². The van der Waals surface area contributed by atoms with Crippen molar-refractivity contribution in [2.75, 3.05) is 13.1 Å². The fourth-order valence-electron chi connectivity index (χ4n) is 2.10. The first kappa shape index (κ1) is 11.1. The summed E-state index contributed by atoms with van der Waals surface area (Å²) in [7, 11) is 0. The van der Waals surface area contributed by atoms with Crippen LogP contribution in [-0.4, -0.2) is 29.9 Å². The van der Waals surface area contributed by atoms with E-state index in [2.05, 4.69) is 0 Å². The quantitative estimate of drug-likeness (QED) is 0.808. The highest BCUT2D eigenvalue weighted by Crippen LogP contribution is 2.12. The number of hydrogen-bond donors (Lipinski definition) is 1. The van der Waals surface area contributed by atoms with E-state index in [4.69, 9.17) is 5.73 Å². The van der Waals surface area contributed by atoms with Gasteiger partial charge in [0.05, 0.1) is 6.42 Å². The van der Waals surface area contributed by atoms with Crippen molar-refractivity contribution >= 4 is 5.91 Å². The number of carbonyl (C=O) groups excluding carboxylic acids is 1. The second-order valence-corrected chi connectivity index (χ2v) is 4.49. The third-order valence-corrected chi connectivity index (χ3v) is 3.18. The first-order chi connectivity index (χ1) is 7.66. The maximum Gasteiger partial charge on any atom is 0.227 e. The van der Waals surface area contributed by atoms with Crippen LogP contribution in [0.2, 0.25) is 0 Å². The van der Waals surface area contributed by atoms with Gasteiger partial charge in [-0.1, -0.05) is 24.3 Å². The number of benzene rings is 1. The Balaban J connectivity index is 2.00. The molecule has 0 bridgehead atoms. The number of rotatable bonds is 2. The van der Waals surface area contributed by atoms with Gasteiger partial charge >= 0.3 is 0 Å². The Morgan fingerprint density at radius 2 is 2.25 bits per heavy atom. The van der Waals surface area contributed by atoms with Crippen LogP contribution in [0.3, 0.4) is 0 Å². The lowest BCUT2D eigenvalue weighted by Gasteiger charge is -2.16. The SMILES string of the molecule is Cc1ccccc1CC(=O)N1CC[C@@H](N)C1. The molecular weight excluding hydrogens is 200 g/mol. The lowest BCUT2D eigenvalue weighted by molar-refractivity contribution is -0.129. The van der Waals surface area contributed by atoms with Crippen LogP contribution in [0.15, 0.2) is 24.3 Å². The average molecular weight is 218 g/mol. The second kappa shape index (κ2) is 4.66. The van der Waals surface area contributed by atoms with E-state index >= 15 is 0 Å². The molecule has 0 aliphatic carbocycles. The van der Waals surface area contributed by atoms with Crippen LogP contribution in [0.25, 0.3) is 0 Å². The fourth-order valence-corrected chi connectivity index (χ4v) is 2.10. The molecule has 1 atom stereocenters. The Kier molecular flexibility index (Phi) is 3.25. The van der Waals surface area contributed by atoms with Gasteiger partial charge in [-0.15, -0.1) is 0 Å². The van der Waals surface area contributed by atoms with Crippen LogP contribution in [-0.2, 0) is 11.2 Å². The summed E-state index contributed by atoms with van der Waals surface area (Å²) in [6.45, 7) is 3.56. The molecule has 0 spiro atoms. The minimum Gasteiger partial charge on any atom is -0.341 e. The van der Waals surface area contributed by atoms with Crippen molar-refractivity contribution in [3.63, 3.8) is 0 Å². The molecule has 0 aromatic heterocycles. The van der Waals surface area contributed by atoms with Gasteiger partial charge in [-0.2, -0.15) is 0 Å². The summed E-state index contributed by atoms with van der Waals surface area (Å²) in [5, 5.41) is 0. The van der Waals surface area contributed by atoms with E-state index in [1.165, 1.54) is 5.56 Å². The van der Waals surface area contributed by atoms with Crippen molar-refractivity contribution in [2.45, 2.75) is 25.8 Å². The van der Waals surface area contributed by atoms with Gasteiger partial charge in [-0.05, 0) is 24.5 Å². The third kappa shape index (κ3) is 2.42. The summed E-state index contributed by atoms with van der Waals surface area (Å²) in [5.74, 6) is 0.197. The summed E-state index contributed by atoms with van der Waals surface area (Å²) < 4.78 is 0. The van der Waals surface area contributed by atoms with Crippen molar-refractivity contribution in [1.82, 2.24) is 4.90 Å². The first-order valence-corrected chi connectivity index (χ1v) is 5.74. The van der Waals surface area contributed by atoms with E-state index in [-0.39, 0.29) is 11.9 Å². The largest absolute Gasteiger partial charge is 0.341 e. The highest BCUT2D eigenvalue weighted by Gasteiger charge is 2.23. The van der Waals surface area contributed by atoms with E-state index in [1.807, 2.05) is 36.1 Å². The Labute approximate surface area is 96.2 Å². The summed E-state index contributed by atoms with van der Waals surface area (Å²) >= 11 is 0. The van der Waals surface area contributed by atoms with E-state index in [0.717, 1.165) is 18.5 Å². The van der Waals surface area contributed by atoms with Crippen molar-refractivity contribution in [3.8, 4) is 0 Å². The second-order valence-electron chi connectivity index (χ2n) is 4.49. The van der Waals surface area contributed by atoms with Gasteiger partial charge in [0.15, 0.2) is 0 Å². The number of hydrogen-bond acceptors (Lipinski definition) is 2. The average Bonchev–Trinajstić information content (AvgIpc) is 2.68. The van der Waals surface area contributed by atoms with Gasteiger partial charge in [0.25, 0.3) is 0 Å². The molecule has 1 aromatic rings. The molecule has 0 unspecified atom stereocenters. The zero-order chi connectivity index (χ0) is 11.5. The van der Waals surface area contributed by atoms with E-state index in [1.54, 1.807) is 0 Å². The van der Waals surface area contributed by atoms with E-state index in [9.17, 15) is 4.79 Å². The molecule has 1 saturated heterocycles. The molecule has 3 heteroatoms. The van der Waals surface area contributed by atoms with Crippen molar-refractivity contribution in [1.29, 1.82) is 0 Å². The molecule has 0 radical (unpaired) electrons. The zero-order valence-electron chi connectivity index (χ0n) is 9.65. The number of amides is 1. The molecule has 16 heavy (non-hydrogen) atoms. The maximum absolute atomic E-state index is 12.0. The Morgan fingerprint density at radius 3 is 2.88 bits per heavy atom. The minimum atomic E-state index is 0.167. The predicted octanol–water partition coefficient (Wildman–Crippen LogP) is 1.10. The molecule has 2 N–H and O–H groups in total. The van der Waals surface area contributed by atoms with Gasteiger partial charge < -0.3 is 10.6 Å². The fraction of sp³-hybridized carbons (Fsp3) is 0.462. The number of nitrogens with zero attached hydrogens (tertiary/aromatic N) is 1. The van der Waals surface area contributed by atoms with Gasteiger partial charge in [0, 0.05) is 19.1 Å². The molecule has 3 nitrogen and oxygen atoms in total. The van der Waals surface area contributed by atoms with Gasteiger partial charge in [-0.25, -0.2) is 0 Å². The topological polar surface area (TPSA) is 46.3 Å². The van der Waals surface area contributed by atoms with Crippen molar-refractivity contribution in [2.24, 2.45) is 5.73 Å². The molecule has 86 valence electrons. The van der Waals surface area contributed by atoms with E-state index in [0.29, 0.717) is 13.0 Å². The monoisotopic (exact) mass is 218 g/mol. The lowest BCUT2D eigenvalue weighted by atomic mass is 10.1. The molecule has 1 aliphatic heterocycles. The Morgan fingerprint density at radius 1 is 1.50 bits per heavy atom. The molecule has 1 aliphatic rings. The number of carbonyl (C=O) groups is 1. The maximum atomic E-state index is 12.0. The summed E-state index contributed by atoms with van der Waals surface area (Å²) in [6, 6.07) is 8.20. The molecule has 1 amide bonds. The highest BCUT2D eigenvalue weighted by molar-refractivity contribution is 5.79. The van der Waals surface area contributed by atoms with Gasteiger partial charge in [-0.3, -0.25) is 4.79 Å². The molecular formula is C13H18N2O. The molecule has 2 rings (SSSR count). The summed E-state index contributed by atoms with van der Waals surface area (Å²) in [6.07, 6.45) is 1.43. The predicted molar refractivity (Wildman–Crippen MR) is 64.1 cm³/mol. The lowest BCUT2D eigenvalue weighted by Crippen LogP contribution is -2.33. The zero-order valence-corrected chi connectivity index (χ0v) is 9.65.